The van der Waals surface area contributed by atoms with E-state index < -0.39 is 0 Å². The van der Waals surface area contributed by atoms with Crippen LogP contribution in [0.25, 0.3) is 0 Å². The molecule has 1 aromatic carbocycles. The first kappa shape index (κ1) is 10.7. The minimum Gasteiger partial charge on any atom is -0.298 e. The van der Waals surface area contributed by atoms with Crippen molar-refractivity contribution < 1.29 is 4.79 Å². The third-order valence-electron chi connectivity index (χ3n) is 1.79. The van der Waals surface area contributed by atoms with Crippen LogP contribution in [0.5, 0.6) is 0 Å². The maximum atomic E-state index is 10.4. The normalized spacial score (nSPS) is 10.0. The molecule has 0 bridgehead atoms. The van der Waals surface area contributed by atoms with Gasteiger partial charge in [-0.1, -0.05) is 28.1 Å². The van der Waals surface area contributed by atoms with Crippen molar-refractivity contribution in [2.24, 2.45) is 0 Å². The fourth-order valence-corrected chi connectivity index (χ4v) is 1.83. The lowest BCUT2D eigenvalue weighted by Crippen LogP contribution is -1.89. The smallest absolute Gasteiger partial charge is 0.150 e. The number of hydrogen-bond donors (Lipinski definition) is 0. The maximum Gasteiger partial charge on any atom is 0.150 e. The number of rotatable bonds is 4. The zero-order chi connectivity index (χ0) is 9.68. The lowest BCUT2D eigenvalue weighted by molar-refractivity contribution is 0.112. The minimum atomic E-state index is 0.669. The van der Waals surface area contributed by atoms with Crippen LogP contribution in [0.15, 0.2) is 22.7 Å². The van der Waals surface area contributed by atoms with Crippen molar-refractivity contribution in [3.63, 3.8) is 0 Å². The van der Waals surface area contributed by atoms with Crippen molar-refractivity contribution in [3.05, 3.63) is 33.8 Å². The Kier molecular flexibility index (Phi) is 4.46. The van der Waals surface area contributed by atoms with Crippen molar-refractivity contribution in [1.29, 1.82) is 0 Å². The van der Waals surface area contributed by atoms with Crippen molar-refractivity contribution in [2.75, 3.05) is 5.88 Å². The minimum absolute atomic E-state index is 0.669. The Hall–Kier alpha value is -0.340. The predicted octanol–water partition coefficient (Wildman–Crippen LogP) is 3.43. The average Bonchev–Trinajstić information content (AvgIpc) is 2.16. The van der Waals surface area contributed by atoms with E-state index in [1.807, 2.05) is 18.2 Å². The number of alkyl halides is 1. The van der Waals surface area contributed by atoms with Crippen LogP contribution < -0.4 is 0 Å². The van der Waals surface area contributed by atoms with E-state index in [0.717, 1.165) is 23.6 Å². The Labute approximate surface area is 91.2 Å². The Morgan fingerprint density at radius 3 is 2.77 bits per heavy atom. The molecule has 0 N–H and O–H groups in total. The number of halogens is 2. The second-order valence-corrected chi connectivity index (χ2v) is 3.99. The second kappa shape index (κ2) is 5.40. The van der Waals surface area contributed by atoms with Crippen LogP contribution in [0.1, 0.15) is 22.3 Å². The summed E-state index contributed by atoms with van der Waals surface area (Å²) in [4.78, 5) is 10.4. The molecule has 1 aromatic rings. The molecule has 0 spiro atoms. The summed E-state index contributed by atoms with van der Waals surface area (Å²) in [6.45, 7) is 0. The number of carbonyl (C=O) groups is 1. The Balaban J connectivity index is 2.79. The van der Waals surface area contributed by atoms with Crippen molar-refractivity contribution in [1.82, 2.24) is 0 Å². The third kappa shape index (κ3) is 3.12. The standard InChI is InChI=1S/C10H10BrClO/c11-10-6-8(7-13)3-4-9(10)2-1-5-12/h3-4,6-7H,1-2,5H2. The molecule has 13 heavy (non-hydrogen) atoms. The van der Waals surface area contributed by atoms with Gasteiger partial charge in [0.1, 0.15) is 6.29 Å². The van der Waals surface area contributed by atoms with Gasteiger partial charge in [-0.15, -0.1) is 11.6 Å². The summed E-state index contributed by atoms with van der Waals surface area (Å²) in [7, 11) is 0. The molecular weight excluding hydrogens is 251 g/mol. The molecule has 1 rings (SSSR count). The maximum absolute atomic E-state index is 10.4. The highest BCUT2D eigenvalue weighted by Gasteiger charge is 2.00. The number of aldehydes is 1. The molecule has 0 saturated carbocycles. The molecule has 0 aliphatic rings. The Bertz CT molecular complexity index is 299. The van der Waals surface area contributed by atoms with E-state index in [-0.39, 0.29) is 0 Å². The lowest BCUT2D eigenvalue weighted by Gasteiger charge is -2.02. The molecule has 0 unspecified atom stereocenters. The zero-order valence-corrected chi connectivity index (χ0v) is 9.44. The lowest BCUT2D eigenvalue weighted by atomic mass is 10.1. The first-order valence-corrected chi connectivity index (χ1v) is 5.40. The molecule has 70 valence electrons. The molecule has 0 aromatic heterocycles. The first-order chi connectivity index (χ1) is 6.27. The number of carbonyl (C=O) groups excluding carboxylic acids is 1. The highest BCUT2D eigenvalue weighted by molar-refractivity contribution is 9.10. The molecule has 0 aliphatic heterocycles. The van der Waals surface area contributed by atoms with Crippen LogP contribution in [-0.2, 0) is 6.42 Å². The number of hydrogen-bond acceptors (Lipinski definition) is 1. The van der Waals surface area contributed by atoms with Gasteiger partial charge in [0.25, 0.3) is 0 Å². The van der Waals surface area contributed by atoms with Gasteiger partial charge >= 0.3 is 0 Å². The van der Waals surface area contributed by atoms with Gasteiger partial charge in [-0.05, 0) is 24.5 Å². The molecule has 0 radical (unpaired) electrons. The van der Waals surface area contributed by atoms with Crippen molar-refractivity contribution in [2.45, 2.75) is 12.8 Å². The van der Waals surface area contributed by atoms with E-state index in [4.69, 9.17) is 11.6 Å². The quantitative estimate of drug-likeness (QED) is 0.599. The van der Waals surface area contributed by atoms with Crippen LogP contribution in [0.4, 0.5) is 0 Å². The van der Waals surface area contributed by atoms with E-state index in [9.17, 15) is 4.79 Å². The van der Waals surface area contributed by atoms with Crippen LogP contribution >= 0.6 is 27.5 Å². The summed E-state index contributed by atoms with van der Waals surface area (Å²) >= 11 is 9.01. The van der Waals surface area contributed by atoms with Gasteiger partial charge in [0.05, 0.1) is 0 Å². The fraction of sp³-hybridized carbons (Fsp3) is 0.300. The first-order valence-electron chi connectivity index (χ1n) is 4.07. The predicted molar refractivity (Wildman–Crippen MR) is 58.6 cm³/mol. The Morgan fingerprint density at radius 2 is 2.23 bits per heavy atom. The summed E-state index contributed by atoms with van der Waals surface area (Å²) in [6, 6.07) is 5.61. The summed E-state index contributed by atoms with van der Waals surface area (Å²) in [6.07, 6.45) is 2.75. The Morgan fingerprint density at radius 1 is 1.46 bits per heavy atom. The largest absolute Gasteiger partial charge is 0.298 e. The summed E-state index contributed by atoms with van der Waals surface area (Å²) in [5, 5.41) is 0. The summed E-state index contributed by atoms with van der Waals surface area (Å²) < 4.78 is 0.988. The van der Waals surface area contributed by atoms with E-state index >= 15 is 0 Å². The molecule has 0 heterocycles. The van der Waals surface area contributed by atoms with Crippen LogP contribution in [0.3, 0.4) is 0 Å². The van der Waals surface area contributed by atoms with Gasteiger partial charge in [-0.3, -0.25) is 4.79 Å². The molecule has 0 atom stereocenters. The van der Waals surface area contributed by atoms with E-state index in [1.54, 1.807) is 0 Å². The number of benzene rings is 1. The van der Waals surface area contributed by atoms with Crippen molar-refractivity contribution in [3.8, 4) is 0 Å². The number of aryl methyl sites for hydroxylation is 1. The van der Waals surface area contributed by atoms with E-state index in [0.29, 0.717) is 11.4 Å². The van der Waals surface area contributed by atoms with Crippen LogP contribution in [-0.4, -0.2) is 12.2 Å². The average molecular weight is 262 g/mol. The molecule has 3 heteroatoms. The van der Waals surface area contributed by atoms with Gasteiger partial charge in [-0.25, -0.2) is 0 Å². The van der Waals surface area contributed by atoms with Crippen LogP contribution in [0.2, 0.25) is 0 Å². The topological polar surface area (TPSA) is 17.1 Å². The van der Waals surface area contributed by atoms with Gasteiger partial charge in [0.2, 0.25) is 0 Å². The van der Waals surface area contributed by atoms with Gasteiger partial charge in [-0.2, -0.15) is 0 Å². The third-order valence-corrected chi connectivity index (χ3v) is 2.80. The second-order valence-electron chi connectivity index (χ2n) is 2.76. The highest BCUT2D eigenvalue weighted by atomic mass is 79.9. The van der Waals surface area contributed by atoms with E-state index in [2.05, 4.69) is 15.9 Å². The van der Waals surface area contributed by atoms with E-state index in [1.165, 1.54) is 5.56 Å². The molecule has 0 amide bonds. The van der Waals surface area contributed by atoms with Gasteiger partial charge in [0.15, 0.2) is 0 Å². The van der Waals surface area contributed by atoms with Gasteiger partial charge < -0.3 is 0 Å². The summed E-state index contributed by atoms with van der Waals surface area (Å²) in [5.41, 5.74) is 1.90. The molecular formula is C10H10BrClO. The highest BCUT2D eigenvalue weighted by Crippen LogP contribution is 2.19. The summed E-state index contributed by atoms with van der Waals surface area (Å²) in [5.74, 6) is 0.669. The zero-order valence-electron chi connectivity index (χ0n) is 7.09. The molecule has 0 saturated heterocycles. The molecule has 0 aliphatic carbocycles. The molecule has 1 nitrogen and oxygen atoms in total. The SMILES string of the molecule is O=Cc1ccc(CCCCl)c(Br)c1. The molecule has 0 fully saturated rings. The van der Waals surface area contributed by atoms with Crippen molar-refractivity contribution >= 4 is 33.8 Å². The van der Waals surface area contributed by atoms with Crippen LogP contribution in [0, 0.1) is 0 Å². The monoisotopic (exact) mass is 260 g/mol. The fourth-order valence-electron chi connectivity index (χ4n) is 1.10. The van der Waals surface area contributed by atoms with Gasteiger partial charge in [0, 0.05) is 15.9 Å².